The number of anilines is 1. The molecule has 0 saturated carbocycles. The molecule has 0 saturated heterocycles. The van der Waals surface area contributed by atoms with Gasteiger partial charge in [-0.05, 0) is 24.7 Å². The van der Waals surface area contributed by atoms with Crippen molar-refractivity contribution in [2.75, 3.05) is 18.4 Å². The van der Waals surface area contributed by atoms with E-state index in [1.165, 1.54) is 12.1 Å². The number of benzene rings is 1. The molecular weight excluding hydrogens is 340 g/mol. The number of carbonyl (C=O) groups excluding carboxylic acids is 1. The first-order chi connectivity index (χ1) is 12.1. The summed E-state index contributed by atoms with van der Waals surface area (Å²) in [7, 11) is 0. The monoisotopic (exact) mass is 370 g/mol. The Hall–Kier alpha value is -1.75. The highest BCUT2D eigenvalue weighted by Crippen LogP contribution is 2.19. The number of carbonyl (C=O) groups is 1. The van der Waals surface area contributed by atoms with Crippen LogP contribution in [0.5, 0.6) is 0 Å². The minimum Gasteiger partial charge on any atom is -0.595 e. The maximum absolute atomic E-state index is 12.6. The van der Waals surface area contributed by atoms with Crippen molar-refractivity contribution in [3.63, 3.8) is 0 Å². The van der Waals surface area contributed by atoms with E-state index in [1.54, 1.807) is 4.90 Å². The number of urea groups is 1. The topological polar surface area (TPSA) is 128 Å². The highest BCUT2D eigenvalue weighted by Gasteiger charge is 2.17. The number of quaternary nitrogens is 2. The van der Waals surface area contributed by atoms with Crippen molar-refractivity contribution in [2.24, 2.45) is 11.8 Å². The maximum atomic E-state index is 12.6. The fraction of sp³-hybridized carbons (Fsp3) is 0.588. The van der Waals surface area contributed by atoms with E-state index < -0.39 is 10.5 Å². The summed E-state index contributed by atoms with van der Waals surface area (Å²) in [6.07, 6.45) is 1.70. The Balaban J connectivity index is 2.95. The van der Waals surface area contributed by atoms with Gasteiger partial charge < -0.3 is 20.6 Å². The molecule has 0 aromatic heterocycles. The number of rotatable bonds is 9. The van der Waals surface area contributed by atoms with E-state index in [9.17, 15) is 15.2 Å². The molecule has 0 heterocycles. The van der Waals surface area contributed by atoms with Gasteiger partial charge in [-0.3, -0.25) is 0 Å². The normalized spacial score (nSPS) is 13.8. The van der Waals surface area contributed by atoms with E-state index in [1.807, 2.05) is 0 Å². The third kappa shape index (κ3) is 7.65. The van der Waals surface area contributed by atoms with Crippen molar-refractivity contribution < 1.29 is 25.7 Å². The van der Waals surface area contributed by atoms with E-state index in [-0.39, 0.29) is 23.1 Å². The fourth-order valence-electron chi connectivity index (χ4n) is 2.29. The van der Waals surface area contributed by atoms with Crippen LogP contribution in [-0.2, 0) is 0 Å². The summed E-state index contributed by atoms with van der Waals surface area (Å²) < 4.78 is 0. The summed E-state index contributed by atoms with van der Waals surface area (Å²) >= 11 is 0. The standard InChI is InChI=1S/C17H30N4O5/c1-12(2)5-7-19(8-6-13(3)4)17(22)18-14-9-15(20(23)24)11-16(10-14)21(25)26/h9-13,20-21,23,25H,5-8H2,1-4H3,(H,18,22). The van der Waals surface area contributed by atoms with Crippen LogP contribution < -0.4 is 15.8 Å². The lowest BCUT2D eigenvalue weighted by Gasteiger charge is -2.25. The van der Waals surface area contributed by atoms with Gasteiger partial charge >= 0.3 is 6.03 Å². The van der Waals surface area contributed by atoms with Gasteiger partial charge in [-0.25, -0.2) is 15.2 Å². The second-order valence-electron chi connectivity index (χ2n) is 7.19. The van der Waals surface area contributed by atoms with E-state index in [0.717, 1.165) is 18.9 Å². The summed E-state index contributed by atoms with van der Waals surface area (Å²) in [4.78, 5) is 14.3. The Morgan fingerprint density at radius 3 is 1.77 bits per heavy atom. The van der Waals surface area contributed by atoms with Crippen molar-refractivity contribution >= 4 is 23.1 Å². The molecule has 148 valence electrons. The Morgan fingerprint density at radius 2 is 1.42 bits per heavy atom. The summed E-state index contributed by atoms with van der Waals surface area (Å²) in [5.74, 6) is 0.886. The minimum absolute atomic E-state index is 0.159. The van der Waals surface area contributed by atoms with Gasteiger partial charge in [0.25, 0.3) is 0 Å². The van der Waals surface area contributed by atoms with Crippen molar-refractivity contribution in [1.82, 2.24) is 4.90 Å². The van der Waals surface area contributed by atoms with Crippen molar-refractivity contribution in [3.8, 4) is 0 Å². The summed E-state index contributed by atoms with van der Waals surface area (Å²) in [5.41, 5.74) is -0.210. The van der Waals surface area contributed by atoms with Gasteiger partial charge in [0, 0.05) is 25.2 Å². The van der Waals surface area contributed by atoms with Crippen LogP contribution in [0.2, 0.25) is 0 Å². The third-order valence-corrected chi connectivity index (χ3v) is 3.92. The third-order valence-electron chi connectivity index (χ3n) is 3.92. The quantitative estimate of drug-likeness (QED) is 0.420. The Bertz CT molecular complexity index is 540. The number of hydrogen-bond donors (Lipinski definition) is 5. The van der Waals surface area contributed by atoms with Crippen LogP contribution in [-0.4, -0.2) is 34.4 Å². The average molecular weight is 370 g/mol. The van der Waals surface area contributed by atoms with Gasteiger partial charge in [-0.1, -0.05) is 27.7 Å². The molecule has 9 nitrogen and oxygen atoms in total. The van der Waals surface area contributed by atoms with Crippen LogP contribution in [0.25, 0.3) is 0 Å². The Labute approximate surface area is 153 Å². The first kappa shape index (κ1) is 22.3. The lowest BCUT2D eigenvalue weighted by molar-refractivity contribution is -0.996. The molecule has 5 N–H and O–H groups in total. The molecule has 2 amide bonds. The van der Waals surface area contributed by atoms with Gasteiger partial charge in [-0.15, -0.1) is 0 Å². The van der Waals surface area contributed by atoms with E-state index in [0.29, 0.717) is 24.9 Å². The molecule has 0 fully saturated rings. The van der Waals surface area contributed by atoms with E-state index in [2.05, 4.69) is 33.0 Å². The number of nitrogens with one attached hydrogen (secondary N) is 3. The fourth-order valence-corrected chi connectivity index (χ4v) is 2.29. The molecule has 2 unspecified atom stereocenters. The first-order valence-electron chi connectivity index (χ1n) is 8.77. The number of nitrogens with zero attached hydrogens (tertiary/aromatic N) is 1. The maximum Gasteiger partial charge on any atom is 0.321 e. The molecule has 9 heteroatoms. The molecule has 1 aromatic rings. The molecule has 0 aliphatic carbocycles. The van der Waals surface area contributed by atoms with Crippen molar-refractivity contribution in [3.05, 3.63) is 28.6 Å². The molecular formula is C17H30N4O5. The van der Waals surface area contributed by atoms with Gasteiger partial charge in [-0.2, -0.15) is 10.5 Å². The Morgan fingerprint density at radius 1 is 1.00 bits per heavy atom. The smallest absolute Gasteiger partial charge is 0.321 e. The molecule has 1 aromatic carbocycles. The largest absolute Gasteiger partial charge is 0.595 e. The van der Waals surface area contributed by atoms with Crippen molar-refractivity contribution in [1.29, 1.82) is 0 Å². The summed E-state index contributed by atoms with van der Waals surface area (Å²) in [6, 6.07) is 3.23. The second-order valence-corrected chi connectivity index (χ2v) is 7.19. The van der Waals surface area contributed by atoms with Crippen LogP contribution in [0.3, 0.4) is 0 Å². The molecule has 2 atom stereocenters. The predicted octanol–water partition coefficient (Wildman–Crippen LogP) is 1.42. The highest BCUT2D eigenvalue weighted by atomic mass is 16.8. The minimum atomic E-state index is -1.25. The van der Waals surface area contributed by atoms with E-state index in [4.69, 9.17) is 10.4 Å². The predicted molar refractivity (Wildman–Crippen MR) is 97.5 cm³/mol. The molecule has 0 aliphatic heterocycles. The van der Waals surface area contributed by atoms with Crippen LogP contribution in [0, 0.1) is 22.3 Å². The molecule has 0 radical (unpaired) electrons. The zero-order valence-corrected chi connectivity index (χ0v) is 15.8. The summed E-state index contributed by atoms with van der Waals surface area (Å²) in [6.45, 7) is 9.48. The molecule has 0 aliphatic rings. The van der Waals surface area contributed by atoms with E-state index >= 15 is 0 Å². The van der Waals surface area contributed by atoms with Gasteiger partial charge in [0.05, 0.1) is 11.8 Å². The molecule has 0 bridgehead atoms. The molecule has 26 heavy (non-hydrogen) atoms. The van der Waals surface area contributed by atoms with Crippen molar-refractivity contribution in [2.45, 2.75) is 40.5 Å². The SMILES string of the molecule is CC(C)CCN(CCC(C)C)C(=O)Nc1cc([NH+]([O-])O)cc([NH+]([O-])O)c1. The number of amides is 2. The van der Waals surface area contributed by atoms with Crippen LogP contribution in [0.4, 0.5) is 21.9 Å². The first-order valence-corrected chi connectivity index (χ1v) is 8.77. The van der Waals surface area contributed by atoms with Crippen LogP contribution in [0.15, 0.2) is 18.2 Å². The lowest BCUT2D eigenvalue weighted by atomic mass is 10.1. The zero-order chi connectivity index (χ0) is 19.9. The van der Waals surface area contributed by atoms with Gasteiger partial charge in [0.2, 0.25) is 0 Å². The van der Waals surface area contributed by atoms with Gasteiger partial charge in [0.1, 0.15) is 0 Å². The highest BCUT2D eigenvalue weighted by molar-refractivity contribution is 5.90. The summed E-state index contributed by atoms with van der Waals surface area (Å²) in [5, 5.41) is 40.8. The lowest BCUT2D eigenvalue weighted by Crippen LogP contribution is -3.00. The molecule has 1 rings (SSSR count). The van der Waals surface area contributed by atoms with Crippen LogP contribution in [0.1, 0.15) is 40.5 Å². The number of hydrogen-bond acceptors (Lipinski definition) is 5. The average Bonchev–Trinajstić information content (AvgIpc) is 2.53. The van der Waals surface area contributed by atoms with Crippen LogP contribution >= 0.6 is 0 Å². The second kappa shape index (κ2) is 10.4. The Kier molecular flexibility index (Phi) is 8.93. The zero-order valence-electron chi connectivity index (χ0n) is 15.8. The van der Waals surface area contributed by atoms with Gasteiger partial charge in [0.15, 0.2) is 11.4 Å². The molecule has 0 spiro atoms.